The van der Waals surface area contributed by atoms with Crippen LogP contribution in [0.25, 0.3) is 0 Å². The van der Waals surface area contributed by atoms with Crippen molar-refractivity contribution in [2.24, 2.45) is 11.7 Å². The van der Waals surface area contributed by atoms with Crippen LogP contribution in [0.15, 0.2) is 18.2 Å². The zero-order valence-corrected chi connectivity index (χ0v) is 11.6. The molecule has 5 heteroatoms. The molecule has 0 aliphatic heterocycles. The summed E-state index contributed by atoms with van der Waals surface area (Å²) in [6, 6.07) is 5.49. The summed E-state index contributed by atoms with van der Waals surface area (Å²) in [5.41, 5.74) is 6.54. The molecule has 0 aliphatic rings. The second-order valence-corrected chi connectivity index (χ2v) is 4.07. The van der Waals surface area contributed by atoms with Crippen LogP contribution in [0.2, 0.25) is 0 Å². The van der Waals surface area contributed by atoms with E-state index in [1.807, 2.05) is 12.1 Å². The number of esters is 1. The van der Waals surface area contributed by atoms with Crippen LogP contribution in [0, 0.1) is 5.92 Å². The maximum Gasteiger partial charge on any atom is 0.310 e. The largest absolute Gasteiger partial charge is 0.497 e. The maximum atomic E-state index is 11.7. The predicted octanol–water partition coefficient (Wildman–Crippen LogP) is 1.38. The number of carbonyl (C=O) groups is 1. The lowest BCUT2D eigenvalue weighted by Gasteiger charge is -2.16. The Kier molecular flexibility index (Phi) is 6.15. The van der Waals surface area contributed by atoms with E-state index in [1.165, 1.54) is 0 Å². The first-order chi connectivity index (χ1) is 9.15. The zero-order chi connectivity index (χ0) is 14.3. The summed E-state index contributed by atoms with van der Waals surface area (Å²) in [6.07, 6.45) is 0.489. The molecule has 1 atom stereocenters. The van der Waals surface area contributed by atoms with Gasteiger partial charge in [0.25, 0.3) is 0 Å². The van der Waals surface area contributed by atoms with Crippen molar-refractivity contribution >= 4 is 5.97 Å². The van der Waals surface area contributed by atoms with Gasteiger partial charge >= 0.3 is 5.97 Å². The molecule has 0 bridgehead atoms. The van der Waals surface area contributed by atoms with Crippen molar-refractivity contribution in [2.75, 3.05) is 27.4 Å². The minimum atomic E-state index is -0.359. The van der Waals surface area contributed by atoms with Crippen LogP contribution in [0.1, 0.15) is 12.5 Å². The number of hydrogen-bond donors (Lipinski definition) is 1. The number of benzene rings is 1. The average Bonchev–Trinajstić information content (AvgIpc) is 2.44. The molecule has 19 heavy (non-hydrogen) atoms. The molecule has 1 rings (SSSR count). The van der Waals surface area contributed by atoms with Gasteiger partial charge in [0.2, 0.25) is 0 Å². The molecular formula is C14H21NO4. The van der Waals surface area contributed by atoms with Gasteiger partial charge in [0.05, 0.1) is 26.7 Å². The Morgan fingerprint density at radius 3 is 2.58 bits per heavy atom. The SMILES string of the molecule is CCOC(=O)C(CN)Cc1ccc(OC)cc1OC. The Bertz CT molecular complexity index is 420. The van der Waals surface area contributed by atoms with Crippen LogP contribution >= 0.6 is 0 Å². The molecule has 5 nitrogen and oxygen atoms in total. The third kappa shape index (κ3) is 4.13. The fourth-order valence-electron chi connectivity index (χ4n) is 1.81. The minimum absolute atomic E-state index is 0.244. The highest BCUT2D eigenvalue weighted by atomic mass is 16.5. The third-order valence-corrected chi connectivity index (χ3v) is 2.87. The molecule has 0 heterocycles. The second kappa shape index (κ2) is 7.63. The predicted molar refractivity (Wildman–Crippen MR) is 72.4 cm³/mol. The van der Waals surface area contributed by atoms with E-state index in [9.17, 15) is 4.79 Å². The van der Waals surface area contributed by atoms with Crippen LogP contribution in [-0.2, 0) is 16.0 Å². The Labute approximate surface area is 113 Å². The Morgan fingerprint density at radius 1 is 1.32 bits per heavy atom. The summed E-state index contributed by atoms with van der Waals surface area (Å²) in [5.74, 6) is 0.758. The fraction of sp³-hybridized carbons (Fsp3) is 0.500. The first-order valence-corrected chi connectivity index (χ1v) is 6.23. The Balaban J connectivity index is 2.87. The number of hydrogen-bond acceptors (Lipinski definition) is 5. The molecule has 2 N–H and O–H groups in total. The number of nitrogens with two attached hydrogens (primary N) is 1. The van der Waals surface area contributed by atoms with Crippen molar-refractivity contribution in [3.63, 3.8) is 0 Å². The maximum absolute atomic E-state index is 11.7. The van der Waals surface area contributed by atoms with E-state index >= 15 is 0 Å². The van der Waals surface area contributed by atoms with Gasteiger partial charge in [-0.3, -0.25) is 4.79 Å². The first-order valence-electron chi connectivity index (χ1n) is 6.23. The van der Waals surface area contributed by atoms with Crippen molar-refractivity contribution in [3.8, 4) is 11.5 Å². The molecule has 1 aromatic rings. The highest BCUT2D eigenvalue weighted by Gasteiger charge is 2.20. The summed E-state index contributed by atoms with van der Waals surface area (Å²) in [4.78, 5) is 11.7. The van der Waals surface area contributed by atoms with E-state index in [4.69, 9.17) is 19.9 Å². The first kappa shape index (κ1) is 15.3. The summed E-state index contributed by atoms with van der Waals surface area (Å²) < 4.78 is 15.4. The monoisotopic (exact) mass is 267 g/mol. The molecule has 0 aliphatic carbocycles. The third-order valence-electron chi connectivity index (χ3n) is 2.87. The van der Waals surface area contributed by atoms with Crippen molar-refractivity contribution in [2.45, 2.75) is 13.3 Å². The molecule has 106 valence electrons. The Morgan fingerprint density at radius 2 is 2.05 bits per heavy atom. The van der Waals surface area contributed by atoms with Gasteiger partial charge in [-0.15, -0.1) is 0 Å². The van der Waals surface area contributed by atoms with Gasteiger partial charge in [0.1, 0.15) is 11.5 Å². The van der Waals surface area contributed by atoms with Gasteiger partial charge in [-0.1, -0.05) is 6.07 Å². The lowest BCUT2D eigenvalue weighted by Crippen LogP contribution is -2.27. The summed E-state index contributed by atoms with van der Waals surface area (Å²) >= 11 is 0. The normalized spacial score (nSPS) is 11.8. The van der Waals surface area contributed by atoms with Crippen molar-refractivity contribution in [1.82, 2.24) is 0 Å². The van der Waals surface area contributed by atoms with Gasteiger partial charge in [0.15, 0.2) is 0 Å². The van der Waals surface area contributed by atoms with Crippen molar-refractivity contribution < 1.29 is 19.0 Å². The standard InChI is InChI=1S/C14H21NO4/c1-4-19-14(16)11(9-15)7-10-5-6-12(17-2)8-13(10)18-3/h5-6,8,11H,4,7,9,15H2,1-3H3. The van der Waals surface area contributed by atoms with Gasteiger partial charge in [0, 0.05) is 12.6 Å². The van der Waals surface area contributed by atoms with E-state index in [1.54, 1.807) is 27.2 Å². The topological polar surface area (TPSA) is 70.8 Å². The zero-order valence-electron chi connectivity index (χ0n) is 11.6. The van der Waals surface area contributed by atoms with Crippen LogP contribution in [-0.4, -0.2) is 33.3 Å². The molecule has 0 aromatic heterocycles. The number of rotatable bonds is 7. The quantitative estimate of drug-likeness (QED) is 0.756. The second-order valence-electron chi connectivity index (χ2n) is 4.07. The molecule has 0 amide bonds. The molecule has 0 spiro atoms. The van der Waals surface area contributed by atoms with E-state index in [0.29, 0.717) is 24.5 Å². The minimum Gasteiger partial charge on any atom is -0.497 e. The van der Waals surface area contributed by atoms with Gasteiger partial charge in [-0.2, -0.15) is 0 Å². The van der Waals surface area contributed by atoms with Gasteiger partial charge < -0.3 is 19.9 Å². The molecule has 0 saturated carbocycles. The molecule has 0 radical (unpaired) electrons. The van der Waals surface area contributed by atoms with Crippen LogP contribution in [0.5, 0.6) is 11.5 Å². The van der Waals surface area contributed by atoms with E-state index in [2.05, 4.69) is 0 Å². The number of carbonyl (C=O) groups excluding carboxylic acids is 1. The number of ether oxygens (including phenoxy) is 3. The van der Waals surface area contributed by atoms with Crippen molar-refractivity contribution in [1.29, 1.82) is 0 Å². The molecule has 1 unspecified atom stereocenters. The van der Waals surface area contributed by atoms with Crippen molar-refractivity contribution in [3.05, 3.63) is 23.8 Å². The highest BCUT2D eigenvalue weighted by molar-refractivity contribution is 5.73. The lowest BCUT2D eigenvalue weighted by molar-refractivity contribution is -0.147. The van der Waals surface area contributed by atoms with Gasteiger partial charge in [-0.25, -0.2) is 0 Å². The van der Waals surface area contributed by atoms with E-state index in [0.717, 1.165) is 5.56 Å². The van der Waals surface area contributed by atoms with Crippen LogP contribution in [0.4, 0.5) is 0 Å². The van der Waals surface area contributed by atoms with E-state index < -0.39 is 0 Å². The molecule has 1 aromatic carbocycles. The summed E-state index contributed by atoms with van der Waals surface area (Å²) in [7, 11) is 3.18. The van der Waals surface area contributed by atoms with Crippen LogP contribution < -0.4 is 15.2 Å². The highest BCUT2D eigenvalue weighted by Crippen LogP contribution is 2.26. The average molecular weight is 267 g/mol. The summed E-state index contributed by atoms with van der Waals surface area (Å²) in [5, 5.41) is 0. The van der Waals surface area contributed by atoms with Crippen LogP contribution in [0.3, 0.4) is 0 Å². The van der Waals surface area contributed by atoms with Gasteiger partial charge in [-0.05, 0) is 25.0 Å². The fourth-order valence-corrected chi connectivity index (χ4v) is 1.81. The molecular weight excluding hydrogens is 246 g/mol. The summed E-state index contributed by atoms with van der Waals surface area (Å²) in [6.45, 7) is 2.38. The Hall–Kier alpha value is -1.75. The number of methoxy groups -OCH3 is 2. The lowest BCUT2D eigenvalue weighted by atomic mass is 9.98. The molecule has 0 fully saturated rings. The smallest absolute Gasteiger partial charge is 0.310 e. The van der Waals surface area contributed by atoms with E-state index in [-0.39, 0.29) is 18.4 Å². The molecule has 0 saturated heterocycles.